The summed E-state index contributed by atoms with van der Waals surface area (Å²) in [5.41, 5.74) is 9.29. The van der Waals surface area contributed by atoms with Crippen molar-refractivity contribution >= 4 is 35.2 Å². The summed E-state index contributed by atoms with van der Waals surface area (Å²) < 4.78 is 10.5. The quantitative estimate of drug-likeness (QED) is 0.151. The molecule has 0 bridgehead atoms. The summed E-state index contributed by atoms with van der Waals surface area (Å²) in [7, 11) is 3.00. The van der Waals surface area contributed by atoms with Gasteiger partial charge >= 0.3 is 0 Å². The number of anilines is 1. The summed E-state index contributed by atoms with van der Waals surface area (Å²) in [6, 6.07) is 26.7. The fourth-order valence-electron chi connectivity index (χ4n) is 5.33. The molecule has 0 aromatic heterocycles. The van der Waals surface area contributed by atoms with Gasteiger partial charge in [-0.25, -0.2) is 0 Å². The molecule has 0 spiro atoms. The van der Waals surface area contributed by atoms with Gasteiger partial charge in [-0.15, -0.1) is 0 Å². The zero-order valence-corrected chi connectivity index (χ0v) is 30.5. The molecular weight excluding hydrogens is 664 g/mol. The molecule has 5 amide bonds. The molecule has 3 aromatic rings. The van der Waals surface area contributed by atoms with Crippen LogP contribution in [-0.4, -0.2) is 135 Å². The average molecular weight is 717 g/mol. The Hall–Kier alpha value is -5.27. The maximum Gasteiger partial charge on any atom is 0.242 e. The molecule has 0 atom stereocenters. The van der Waals surface area contributed by atoms with Crippen LogP contribution >= 0.6 is 0 Å². The van der Waals surface area contributed by atoms with Gasteiger partial charge in [-0.2, -0.15) is 0 Å². The number of nitrogens with one attached hydrogen (secondary N) is 1. The van der Waals surface area contributed by atoms with E-state index in [0.29, 0.717) is 12.8 Å². The second-order valence-electron chi connectivity index (χ2n) is 12.4. The number of carbonyl (C=O) groups is 5. The number of ether oxygens (including phenoxy) is 2. The summed E-state index contributed by atoms with van der Waals surface area (Å²) in [4.78, 5) is 72.1. The highest BCUT2D eigenvalue weighted by Crippen LogP contribution is 2.10. The van der Waals surface area contributed by atoms with E-state index in [0.717, 1.165) is 22.4 Å². The van der Waals surface area contributed by atoms with Crippen LogP contribution in [0.5, 0.6) is 0 Å². The molecule has 13 nitrogen and oxygen atoms in total. The minimum absolute atomic E-state index is 0.0397. The van der Waals surface area contributed by atoms with Gasteiger partial charge in [0.1, 0.15) is 0 Å². The van der Waals surface area contributed by atoms with Crippen LogP contribution in [0.25, 0.3) is 0 Å². The molecule has 0 aliphatic heterocycles. The topological polar surface area (TPSA) is 155 Å². The summed E-state index contributed by atoms with van der Waals surface area (Å²) in [5.74, 6) is -2.35. The number of primary amides is 1. The van der Waals surface area contributed by atoms with Gasteiger partial charge in [-0.1, -0.05) is 78.4 Å². The average Bonchev–Trinajstić information content (AvgIpc) is 3.15. The summed E-state index contributed by atoms with van der Waals surface area (Å²) in [6.45, 7) is 1.71. The van der Waals surface area contributed by atoms with E-state index >= 15 is 0 Å². The number of methoxy groups -OCH3 is 2. The van der Waals surface area contributed by atoms with Crippen molar-refractivity contribution < 1.29 is 33.4 Å². The van der Waals surface area contributed by atoms with E-state index in [2.05, 4.69) is 5.32 Å². The molecule has 0 heterocycles. The molecule has 3 aromatic carbocycles. The third-order valence-corrected chi connectivity index (χ3v) is 8.39. The minimum Gasteiger partial charge on any atom is -0.383 e. The summed E-state index contributed by atoms with van der Waals surface area (Å²) in [5, 5.41) is 3.11. The second kappa shape index (κ2) is 22.5. The van der Waals surface area contributed by atoms with Gasteiger partial charge in [0, 0.05) is 46.1 Å². The van der Waals surface area contributed by atoms with Crippen LogP contribution in [0.1, 0.15) is 16.7 Å². The fraction of sp³-hybridized carbons (Fsp3) is 0.410. The van der Waals surface area contributed by atoms with E-state index < -0.39 is 23.6 Å². The smallest absolute Gasteiger partial charge is 0.242 e. The number of carbonyl (C=O) groups excluding carboxylic acids is 5. The van der Waals surface area contributed by atoms with Crippen molar-refractivity contribution in [2.75, 3.05) is 91.7 Å². The zero-order chi connectivity index (χ0) is 37.7. The molecule has 0 aliphatic rings. The predicted molar refractivity (Wildman–Crippen MR) is 199 cm³/mol. The van der Waals surface area contributed by atoms with Crippen LogP contribution in [0.4, 0.5) is 5.69 Å². The largest absolute Gasteiger partial charge is 0.383 e. The van der Waals surface area contributed by atoms with Crippen molar-refractivity contribution in [1.29, 1.82) is 0 Å². The maximum absolute atomic E-state index is 13.9. The van der Waals surface area contributed by atoms with Crippen LogP contribution in [0, 0.1) is 6.92 Å². The number of amides is 5. The molecule has 3 N–H and O–H groups in total. The number of hydrogen-bond donors (Lipinski definition) is 2. The first-order chi connectivity index (χ1) is 25.1. The van der Waals surface area contributed by atoms with Crippen LogP contribution in [0.15, 0.2) is 84.9 Å². The number of nitrogens with two attached hydrogens (primary N) is 1. The standard InChI is InChI=1S/C39H52N6O7/c1-31-14-16-34(17-15-31)41-26-36(47)44(22-24-51-2)29-38(49)43(21-19-33-12-8-5-9-13-33)28-39(50)45(23-25-52-3)30-37(48)42(27-35(40)46)20-18-32-10-6-4-7-11-32/h4-17,41H,18-30H2,1-3H3,(H2,40,46). The van der Waals surface area contributed by atoms with Gasteiger partial charge in [0.25, 0.3) is 0 Å². The minimum atomic E-state index is -0.671. The SMILES string of the molecule is COCCN(CC(=O)N(CCc1ccccc1)CC(=O)N(CCOC)CC(=O)N(CCc1ccccc1)CC(N)=O)C(=O)CNc1ccc(C)cc1. The molecule has 0 saturated heterocycles. The van der Waals surface area contributed by atoms with E-state index in [1.54, 1.807) is 0 Å². The molecule has 0 fully saturated rings. The molecule has 52 heavy (non-hydrogen) atoms. The van der Waals surface area contributed by atoms with Crippen molar-refractivity contribution in [3.8, 4) is 0 Å². The Morgan fingerprint density at radius 3 is 1.38 bits per heavy atom. The third kappa shape index (κ3) is 14.9. The Morgan fingerprint density at radius 2 is 0.962 bits per heavy atom. The number of hydrogen-bond acceptors (Lipinski definition) is 8. The number of nitrogens with zero attached hydrogens (tertiary/aromatic N) is 4. The Kier molecular flexibility index (Phi) is 17.8. The van der Waals surface area contributed by atoms with E-state index in [4.69, 9.17) is 15.2 Å². The van der Waals surface area contributed by atoms with Gasteiger partial charge < -0.3 is 40.1 Å². The first-order valence-corrected chi connectivity index (χ1v) is 17.3. The van der Waals surface area contributed by atoms with Crippen molar-refractivity contribution in [3.63, 3.8) is 0 Å². The van der Waals surface area contributed by atoms with Gasteiger partial charge in [-0.3, -0.25) is 24.0 Å². The summed E-state index contributed by atoms with van der Waals surface area (Å²) in [6.07, 6.45) is 0.955. The van der Waals surface area contributed by atoms with Crippen molar-refractivity contribution in [3.05, 3.63) is 102 Å². The van der Waals surface area contributed by atoms with Gasteiger partial charge in [-0.05, 0) is 43.0 Å². The maximum atomic E-state index is 13.9. The lowest BCUT2D eigenvalue weighted by Gasteiger charge is -2.31. The highest BCUT2D eigenvalue weighted by atomic mass is 16.5. The highest BCUT2D eigenvalue weighted by molar-refractivity contribution is 5.91. The van der Waals surface area contributed by atoms with Crippen molar-refractivity contribution in [2.24, 2.45) is 5.73 Å². The van der Waals surface area contributed by atoms with Crippen LogP contribution in [0.2, 0.25) is 0 Å². The molecule has 0 aliphatic carbocycles. The van der Waals surface area contributed by atoms with Crippen LogP contribution in [-0.2, 0) is 46.3 Å². The van der Waals surface area contributed by atoms with Gasteiger partial charge in [0.05, 0.1) is 45.9 Å². The first-order valence-electron chi connectivity index (χ1n) is 17.3. The number of aryl methyl sites for hydroxylation is 1. The number of benzene rings is 3. The Labute approximate surface area is 306 Å². The lowest BCUT2D eigenvalue weighted by molar-refractivity contribution is -0.146. The van der Waals surface area contributed by atoms with Crippen molar-refractivity contribution in [2.45, 2.75) is 19.8 Å². The zero-order valence-electron chi connectivity index (χ0n) is 30.5. The lowest BCUT2D eigenvalue weighted by Crippen LogP contribution is -2.52. The monoisotopic (exact) mass is 716 g/mol. The Balaban J connectivity index is 1.77. The normalized spacial score (nSPS) is 10.7. The predicted octanol–water partition coefficient (Wildman–Crippen LogP) is 1.98. The van der Waals surface area contributed by atoms with Crippen LogP contribution < -0.4 is 11.1 Å². The highest BCUT2D eigenvalue weighted by Gasteiger charge is 2.27. The van der Waals surface area contributed by atoms with E-state index in [9.17, 15) is 24.0 Å². The molecule has 13 heteroatoms. The van der Waals surface area contributed by atoms with Crippen LogP contribution in [0.3, 0.4) is 0 Å². The molecule has 0 unspecified atom stereocenters. The molecule has 0 radical (unpaired) electrons. The van der Waals surface area contributed by atoms with E-state index in [1.165, 1.54) is 33.8 Å². The van der Waals surface area contributed by atoms with Crippen molar-refractivity contribution in [1.82, 2.24) is 19.6 Å². The molecule has 3 rings (SSSR count). The fourth-order valence-corrected chi connectivity index (χ4v) is 5.33. The van der Waals surface area contributed by atoms with E-state index in [1.807, 2.05) is 91.9 Å². The van der Waals surface area contributed by atoms with E-state index in [-0.39, 0.29) is 78.0 Å². The number of rotatable bonds is 23. The Morgan fingerprint density at radius 1 is 0.558 bits per heavy atom. The first kappa shape index (κ1) is 41.2. The third-order valence-electron chi connectivity index (χ3n) is 8.39. The Bertz CT molecular complexity index is 1560. The molecule has 0 saturated carbocycles. The second-order valence-corrected chi connectivity index (χ2v) is 12.4. The van der Waals surface area contributed by atoms with Gasteiger partial charge in [0.15, 0.2) is 0 Å². The molecule has 280 valence electrons. The summed E-state index contributed by atoms with van der Waals surface area (Å²) >= 11 is 0. The van der Waals surface area contributed by atoms with Gasteiger partial charge in [0.2, 0.25) is 29.5 Å². The molecular formula is C39H52N6O7. The lowest BCUT2D eigenvalue weighted by atomic mass is 10.1.